The molecule has 2 aromatic carbocycles. The van der Waals surface area contributed by atoms with Crippen LogP contribution in [0.15, 0.2) is 72.9 Å². The van der Waals surface area contributed by atoms with Crippen molar-refractivity contribution < 1.29 is 8.42 Å². The molecule has 1 saturated heterocycles. The Hall–Kier alpha value is -3.69. The van der Waals surface area contributed by atoms with Crippen molar-refractivity contribution in [3.8, 4) is 5.69 Å². The molecule has 196 valence electrons. The van der Waals surface area contributed by atoms with Crippen LogP contribution in [0.5, 0.6) is 0 Å². The largest absolute Gasteiger partial charge is 0.351 e. The number of anilines is 2. The second kappa shape index (κ2) is 9.89. The molecule has 0 bridgehead atoms. The van der Waals surface area contributed by atoms with Gasteiger partial charge < -0.3 is 14.8 Å². The number of pyridine rings is 1. The molecule has 0 aliphatic carbocycles. The second-order valence-electron chi connectivity index (χ2n) is 9.82. The lowest BCUT2D eigenvalue weighted by Gasteiger charge is -2.29. The summed E-state index contributed by atoms with van der Waals surface area (Å²) < 4.78 is 28.6. The van der Waals surface area contributed by atoms with E-state index in [2.05, 4.69) is 75.6 Å². The van der Waals surface area contributed by atoms with Gasteiger partial charge in [0.15, 0.2) is 5.11 Å². The zero-order valence-corrected chi connectivity index (χ0v) is 23.7. The van der Waals surface area contributed by atoms with Gasteiger partial charge in [0.25, 0.3) is 0 Å². The highest BCUT2D eigenvalue weighted by Crippen LogP contribution is 2.44. The molecule has 1 fully saturated rings. The van der Waals surface area contributed by atoms with E-state index in [0.29, 0.717) is 10.8 Å². The maximum atomic E-state index is 11.8. The van der Waals surface area contributed by atoms with Gasteiger partial charge in [-0.25, -0.2) is 8.42 Å². The first kappa shape index (κ1) is 25.9. The van der Waals surface area contributed by atoms with Crippen LogP contribution in [0.4, 0.5) is 11.4 Å². The quantitative estimate of drug-likeness (QED) is 0.305. The van der Waals surface area contributed by atoms with Crippen LogP contribution in [0.3, 0.4) is 0 Å². The molecule has 0 unspecified atom stereocenters. The van der Waals surface area contributed by atoms with Gasteiger partial charge >= 0.3 is 0 Å². The molecule has 0 spiro atoms. The molecule has 0 saturated carbocycles. The third kappa shape index (κ3) is 4.79. The number of para-hydroxylation sites is 1. The lowest BCUT2D eigenvalue weighted by molar-refractivity contribution is 0.565. The highest BCUT2D eigenvalue weighted by Gasteiger charge is 2.42. The van der Waals surface area contributed by atoms with Crippen LogP contribution in [-0.4, -0.2) is 29.3 Å². The van der Waals surface area contributed by atoms with E-state index >= 15 is 0 Å². The number of sulfonamides is 1. The standard InChI is InChI=1S/C29H31N5O2S2/c1-18-10-6-7-12-26(18)33-20(3)17-23(21(33)4)28-27(25-11-8-9-15-30-25)31-29(37)34(28)22-13-14-24(19(2)16-22)32-38(5,35)36/h6-17,27-28,32H,1-5H3,(H,31,37)/t27-,28-/m0/s1. The summed E-state index contributed by atoms with van der Waals surface area (Å²) in [5.74, 6) is 0. The van der Waals surface area contributed by atoms with Gasteiger partial charge in [0, 0.05) is 29.0 Å². The van der Waals surface area contributed by atoms with Gasteiger partial charge in [0.05, 0.1) is 29.7 Å². The van der Waals surface area contributed by atoms with E-state index in [9.17, 15) is 8.42 Å². The number of thiocarbonyl (C=S) groups is 1. The second-order valence-corrected chi connectivity index (χ2v) is 12.0. The summed E-state index contributed by atoms with van der Waals surface area (Å²) in [6.07, 6.45) is 2.95. The van der Waals surface area contributed by atoms with Crippen molar-refractivity contribution in [3.63, 3.8) is 0 Å². The Morgan fingerprint density at radius 2 is 1.68 bits per heavy atom. The Bertz CT molecular complexity index is 1630. The molecule has 3 heterocycles. The molecule has 0 radical (unpaired) electrons. The first-order chi connectivity index (χ1) is 18.0. The summed E-state index contributed by atoms with van der Waals surface area (Å²) in [5.41, 5.74) is 8.88. The van der Waals surface area contributed by atoms with E-state index in [4.69, 9.17) is 12.2 Å². The first-order valence-corrected chi connectivity index (χ1v) is 14.7. The smallest absolute Gasteiger partial charge is 0.229 e. The molecule has 5 rings (SSSR count). The number of benzene rings is 2. The first-order valence-electron chi connectivity index (χ1n) is 12.4. The van der Waals surface area contributed by atoms with E-state index in [0.717, 1.165) is 45.8 Å². The average Bonchev–Trinajstić information content (AvgIpc) is 3.36. The molecular weight excluding hydrogens is 514 g/mol. The normalized spacial score (nSPS) is 17.5. The Labute approximate surface area is 229 Å². The van der Waals surface area contributed by atoms with Crippen molar-refractivity contribution in [2.45, 2.75) is 39.8 Å². The molecule has 9 heteroatoms. The third-order valence-electron chi connectivity index (χ3n) is 7.03. The Morgan fingerprint density at radius 1 is 0.947 bits per heavy atom. The number of nitrogens with zero attached hydrogens (tertiary/aromatic N) is 3. The van der Waals surface area contributed by atoms with E-state index < -0.39 is 10.0 Å². The predicted octanol–water partition coefficient (Wildman–Crippen LogP) is 5.65. The zero-order valence-electron chi connectivity index (χ0n) is 22.1. The number of hydrogen-bond acceptors (Lipinski definition) is 4. The number of hydrogen-bond donors (Lipinski definition) is 2. The number of nitrogens with one attached hydrogen (secondary N) is 2. The van der Waals surface area contributed by atoms with Crippen molar-refractivity contribution in [1.29, 1.82) is 0 Å². The molecule has 7 nitrogen and oxygen atoms in total. The summed E-state index contributed by atoms with van der Waals surface area (Å²) in [6, 6.07) is 21.8. The van der Waals surface area contributed by atoms with E-state index in [1.54, 1.807) is 12.3 Å². The molecule has 2 N–H and O–H groups in total. The van der Waals surface area contributed by atoms with E-state index in [1.165, 1.54) is 5.56 Å². The minimum absolute atomic E-state index is 0.172. The fraction of sp³-hybridized carbons (Fsp3) is 0.241. The topological polar surface area (TPSA) is 79.3 Å². The SMILES string of the molecule is Cc1cc(N2C(=S)N[C@@H](c3ccccn3)[C@@H]2c2cc(C)n(-c3ccccc3C)c2C)ccc1NS(C)(=O)=O. The summed E-state index contributed by atoms with van der Waals surface area (Å²) in [7, 11) is -3.39. The lowest BCUT2D eigenvalue weighted by atomic mass is 9.96. The predicted molar refractivity (Wildman–Crippen MR) is 158 cm³/mol. The lowest BCUT2D eigenvalue weighted by Crippen LogP contribution is -2.29. The molecule has 1 aliphatic heterocycles. The fourth-order valence-electron chi connectivity index (χ4n) is 5.33. The minimum atomic E-state index is -3.39. The summed E-state index contributed by atoms with van der Waals surface area (Å²) in [5, 5.41) is 4.11. The van der Waals surface area contributed by atoms with Crippen molar-refractivity contribution in [2.75, 3.05) is 15.9 Å². The molecular formula is C29H31N5O2S2. The van der Waals surface area contributed by atoms with Crippen molar-refractivity contribution in [2.24, 2.45) is 0 Å². The van der Waals surface area contributed by atoms with Crippen LogP contribution in [0.1, 0.15) is 45.9 Å². The van der Waals surface area contributed by atoms with Crippen LogP contribution in [0.2, 0.25) is 0 Å². The van der Waals surface area contributed by atoms with Gasteiger partial charge in [-0.1, -0.05) is 24.3 Å². The van der Waals surface area contributed by atoms with E-state index in [-0.39, 0.29) is 12.1 Å². The van der Waals surface area contributed by atoms with Crippen LogP contribution < -0.4 is 14.9 Å². The minimum Gasteiger partial charge on any atom is -0.351 e. The van der Waals surface area contributed by atoms with Gasteiger partial charge in [0.2, 0.25) is 10.0 Å². The molecule has 4 aromatic rings. The Balaban J connectivity index is 1.66. The van der Waals surface area contributed by atoms with Gasteiger partial charge in [-0.2, -0.15) is 0 Å². The summed E-state index contributed by atoms with van der Waals surface area (Å²) in [4.78, 5) is 6.79. The highest BCUT2D eigenvalue weighted by molar-refractivity contribution is 7.92. The average molecular weight is 546 g/mol. The monoisotopic (exact) mass is 545 g/mol. The Kier molecular flexibility index (Phi) is 6.75. The molecule has 2 atom stereocenters. The van der Waals surface area contributed by atoms with Gasteiger partial charge in [-0.05, 0) is 99.1 Å². The molecule has 0 amide bonds. The molecule has 38 heavy (non-hydrogen) atoms. The maximum absolute atomic E-state index is 11.8. The summed E-state index contributed by atoms with van der Waals surface area (Å²) in [6.45, 7) is 8.28. The zero-order chi connectivity index (χ0) is 27.2. The number of aromatic nitrogens is 2. The highest BCUT2D eigenvalue weighted by atomic mass is 32.2. The number of rotatable bonds is 6. The van der Waals surface area contributed by atoms with Crippen LogP contribution >= 0.6 is 12.2 Å². The van der Waals surface area contributed by atoms with E-state index in [1.807, 2.05) is 37.3 Å². The van der Waals surface area contributed by atoms with Crippen molar-refractivity contribution in [3.05, 3.63) is 107 Å². The number of aryl methyl sites for hydroxylation is 3. The molecule has 2 aromatic heterocycles. The summed E-state index contributed by atoms with van der Waals surface area (Å²) >= 11 is 5.91. The van der Waals surface area contributed by atoms with Crippen molar-refractivity contribution in [1.82, 2.24) is 14.9 Å². The van der Waals surface area contributed by atoms with Crippen LogP contribution in [-0.2, 0) is 10.0 Å². The van der Waals surface area contributed by atoms with Crippen LogP contribution in [0.25, 0.3) is 5.69 Å². The van der Waals surface area contributed by atoms with Gasteiger partial charge in [-0.3, -0.25) is 9.71 Å². The van der Waals surface area contributed by atoms with Gasteiger partial charge in [-0.15, -0.1) is 0 Å². The van der Waals surface area contributed by atoms with Crippen LogP contribution in [0, 0.1) is 27.7 Å². The van der Waals surface area contributed by atoms with Crippen molar-refractivity contribution >= 4 is 38.7 Å². The van der Waals surface area contributed by atoms with Gasteiger partial charge in [0.1, 0.15) is 0 Å². The third-order valence-corrected chi connectivity index (χ3v) is 7.93. The molecule has 1 aliphatic rings. The fourth-order valence-corrected chi connectivity index (χ4v) is 6.31. The maximum Gasteiger partial charge on any atom is 0.229 e. The Morgan fingerprint density at radius 3 is 2.34 bits per heavy atom.